The Morgan fingerprint density at radius 1 is 1.18 bits per heavy atom. The molecule has 1 heterocycles. The Bertz CT molecular complexity index is 1090. The van der Waals surface area contributed by atoms with E-state index in [1.54, 1.807) is 54.2 Å². The average molecular weight is 468 g/mol. The van der Waals surface area contributed by atoms with Crippen LogP contribution in [0.4, 0.5) is 5.69 Å². The highest BCUT2D eigenvalue weighted by Crippen LogP contribution is 2.22. The highest BCUT2D eigenvalue weighted by atomic mass is 32.2. The molecule has 0 radical (unpaired) electrons. The number of anilines is 1. The van der Waals surface area contributed by atoms with Crippen LogP contribution >= 0.6 is 11.8 Å². The average Bonchev–Trinajstić information content (AvgIpc) is 3.24. The Kier molecular flexibility index (Phi) is 8.62. The van der Waals surface area contributed by atoms with Crippen molar-refractivity contribution in [3.05, 3.63) is 78.6 Å². The summed E-state index contributed by atoms with van der Waals surface area (Å²) in [6.07, 6.45) is 1.65. The number of thioether (sulfide) groups is 1. The zero-order valence-electron chi connectivity index (χ0n) is 18.1. The first-order chi connectivity index (χ1) is 16.0. The number of nitrogens with zero attached hydrogens (tertiary/aromatic N) is 3. The van der Waals surface area contributed by atoms with E-state index >= 15 is 0 Å². The summed E-state index contributed by atoms with van der Waals surface area (Å²) >= 11 is 1.20. The fraction of sp³-hybridized carbons (Fsp3) is 0.217. The maximum Gasteiger partial charge on any atom is 0.251 e. The van der Waals surface area contributed by atoms with Gasteiger partial charge < -0.3 is 25.0 Å². The molecule has 3 N–H and O–H groups in total. The Morgan fingerprint density at radius 3 is 2.55 bits per heavy atom. The third-order valence-corrected chi connectivity index (χ3v) is 5.57. The van der Waals surface area contributed by atoms with E-state index in [0.717, 1.165) is 0 Å². The predicted octanol–water partition coefficient (Wildman–Crippen LogP) is 2.67. The lowest BCUT2D eigenvalue weighted by Gasteiger charge is -2.17. The molecule has 0 aliphatic heterocycles. The number of benzene rings is 2. The van der Waals surface area contributed by atoms with Crippen LogP contribution < -0.4 is 15.4 Å². The number of ether oxygens (including phenoxy) is 1. The monoisotopic (exact) mass is 467 g/mol. The number of carbonyl (C=O) groups excluding carboxylic acids is 2. The molecule has 0 fully saturated rings. The molecule has 0 saturated heterocycles. The highest BCUT2D eigenvalue weighted by molar-refractivity contribution is 7.99. The summed E-state index contributed by atoms with van der Waals surface area (Å²) in [5.74, 6) is 0.555. The number of para-hydroxylation sites is 1. The van der Waals surface area contributed by atoms with Gasteiger partial charge in [-0.15, -0.1) is 16.8 Å². The van der Waals surface area contributed by atoms with E-state index in [4.69, 9.17) is 4.74 Å². The molecular weight excluding hydrogens is 442 g/mol. The van der Waals surface area contributed by atoms with E-state index in [0.29, 0.717) is 34.5 Å². The second-order valence-corrected chi connectivity index (χ2v) is 7.82. The molecule has 3 rings (SSSR count). The van der Waals surface area contributed by atoms with Gasteiger partial charge in [0.25, 0.3) is 5.91 Å². The lowest BCUT2D eigenvalue weighted by Crippen LogP contribution is -2.33. The van der Waals surface area contributed by atoms with Gasteiger partial charge in [-0.2, -0.15) is 0 Å². The molecule has 10 heteroatoms. The molecule has 172 valence electrons. The third kappa shape index (κ3) is 6.43. The van der Waals surface area contributed by atoms with Crippen molar-refractivity contribution in [3.8, 4) is 5.75 Å². The lowest BCUT2D eigenvalue weighted by molar-refractivity contribution is -0.113. The van der Waals surface area contributed by atoms with Crippen LogP contribution in [0.3, 0.4) is 0 Å². The van der Waals surface area contributed by atoms with Crippen LogP contribution in [0.1, 0.15) is 22.2 Å². The Morgan fingerprint density at radius 2 is 1.91 bits per heavy atom. The van der Waals surface area contributed by atoms with Gasteiger partial charge in [-0.1, -0.05) is 36.0 Å². The molecule has 2 aromatic carbocycles. The zero-order valence-corrected chi connectivity index (χ0v) is 18.9. The van der Waals surface area contributed by atoms with Gasteiger partial charge in [0, 0.05) is 17.8 Å². The van der Waals surface area contributed by atoms with Crippen molar-refractivity contribution in [1.29, 1.82) is 0 Å². The molecule has 33 heavy (non-hydrogen) atoms. The molecule has 1 unspecified atom stereocenters. The van der Waals surface area contributed by atoms with Gasteiger partial charge >= 0.3 is 0 Å². The van der Waals surface area contributed by atoms with Crippen LogP contribution in [0.2, 0.25) is 0 Å². The molecule has 0 saturated carbocycles. The minimum atomic E-state index is -0.792. The minimum absolute atomic E-state index is 0.117. The summed E-state index contributed by atoms with van der Waals surface area (Å²) in [5, 5.41) is 24.3. The number of carbonyl (C=O) groups is 2. The van der Waals surface area contributed by atoms with Gasteiger partial charge in [0.05, 0.1) is 19.5 Å². The first-order valence-corrected chi connectivity index (χ1v) is 11.1. The standard InChI is InChI=1S/C23H25N5O4S/c1-3-13-28-21(19(14-29)25-22(31)16-9-11-18(32-2)12-10-16)26-27-23(28)33-15-20(30)24-17-7-5-4-6-8-17/h3-12,19,29H,1,13-15H2,2H3,(H,24,30)(H,25,31). The number of allylic oxidation sites excluding steroid dienone is 1. The normalized spacial score (nSPS) is 11.5. The van der Waals surface area contributed by atoms with Gasteiger partial charge in [0.1, 0.15) is 11.8 Å². The van der Waals surface area contributed by atoms with Crippen molar-refractivity contribution < 1.29 is 19.4 Å². The van der Waals surface area contributed by atoms with Gasteiger partial charge in [-0.25, -0.2) is 0 Å². The molecule has 0 aliphatic rings. The van der Waals surface area contributed by atoms with E-state index in [-0.39, 0.29) is 24.2 Å². The zero-order chi connectivity index (χ0) is 23.6. The maximum atomic E-state index is 12.7. The molecule has 9 nitrogen and oxygen atoms in total. The summed E-state index contributed by atoms with van der Waals surface area (Å²) < 4.78 is 6.82. The Hall–Kier alpha value is -3.63. The predicted molar refractivity (Wildman–Crippen MR) is 126 cm³/mol. The largest absolute Gasteiger partial charge is 0.497 e. The molecule has 0 spiro atoms. The van der Waals surface area contributed by atoms with Crippen LogP contribution in [0.15, 0.2) is 72.4 Å². The van der Waals surface area contributed by atoms with E-state index in [1.165, 1.54) is 11.8 Å². The van der Waals surface area contributed by atoms with Crippen LogP contribution in [-0.2, 0) is 11.3 Å². The number of amides is 2. The number of aliphatic hydroxyl groups excluding tert-OH is 1. The van der Waals surface area contributed by atoms with Crippen LogP contribution in [0, 0.1) is 0 Å². The molecule has 0 bridgehead atoms. The summed E-state index contributed by atoms with van der Waals surface area (Å²) in [5.41, 5.74) is 1.12. The number of nitrogens with one attached hydrogen (secondary N) is 2. The fourth-order valence-electron chi connectivity index (χ4n) is 2.99. The van der Waals surface area contributed by atoms with E-state index in [2.05, 4.69) is 27.4 Å². The second-order valence-electron chi connectivity index (χ2n) is 6.88. The van der Waals surface area contributed by atoms with Crippen molar-refractivity contribution in [2.45, 2.75) is 17.7 Å². The SMILES string of the molecule is C=CCn1c(SCC(=O)Nc2ccccc2)nnc1C(CO)NC(=O)c1ccc(OC)cc1. The number of rotatable bonds is 11. The minimum Gasteiger partial charge on any atom is -0.497 e. The fourth-order valence-corrected chi connectivity index (χ4v) is 3.74. The Labute approximate surface area is 195 Å². The van der Waals surface area contributed by atoms with E-state index in [9.17, 15) is 14.7 Å². The number of hydrogen-bond donors (Lipinski definition) is 3. The van der Waals surface area contributed by atoms with Crippen LogP contribution in [0.5, 0.6) is 5.75 Å². The smallest absolute Gasteiger partial charge is 0.251 e. The third-order valence-electron chi connectivity index (χ3n) is 4.60. The van der Waals surface area contributed by atoms with Gasteiger partial charge in [-0.3, -0.25) is 9.59 Å². The molecule has 0 aliphatic carbocycles. The van der Waals surface area contributed by atoms with Crippen molar-refractivity contribution >= 4 is 29.3 Å². The van der Waals surface area contributed by atoms with Crippen molar-refractivity contribution in [1.82, 2.24) is 20.1 Å². The number of aromatic nitrogens is 3. The first kappa shape index (κ1) is 24.0. The lowest BCUT2D eigenvalue weighted by atomic mass is 10.2. The summed E-state index contributed by atoms with van der Waals surface area (Å²) in [7, 11) is 1.55. The topological polar surface area (TPSA) is 118 Å². The van der Waals surface area contributed by atoms with E-state index in [1.807, 2.05) is 18.2 Å². The van der Waals surface area contributed by atoms with Gasteiger partial charge in [0.15, 0.2) is 11.0 Å². The molecule has 1 atom stereocenters. The number of hydrogen-bond acceptors (Lipinski definition) is 7. The molecule has 1 aromatic heterocycles. The van der Waals surface area contributed by atoms with Crippen LogP contribution in [0.25, 0.3) is 0 Å². The van der Waals surface area contributed by atoms with Gasteiger partial charge in [0.2, 0.25) is 5.91 Å². The Balaban J connectivity index is 1.69. The highest BCUT2D eigenvalue weighted by Gasteiger charge is 2.23. The first-order valence-electron chi connectivity index (χ1n) is 10.1. The molecular formula is C23H25N5O4S. The second kappa shape index (κ2) is 11.8. The maximum absolute atomic E-state index is 12.7. The van der Waals surface area contributed by atoms with E-state index < -0.39 is 6.04 Å². The van der Waals surface area contributed by atoms with Crippen LogP contribution in [-0.4, -0.2) is 51.2 Å². The molecule has 2 amide bonds. The summed E-state index contributed by atoms with van der Waals surface area (Å²) in [6.45, 7) is 3.72. The summed E-state index contributed by atoms with van der Waals surface area (Å²) in [4.78, 5) is 24.9. The van der Waals surface area contributed by atoms with Crippen molar-refractivity contribution in [2.75, 3.05) is 24.8 Å². The summed E-state index contributed by atoms with van der Waals surface area (Å²) in [6, 6.07) is 15.0. The quantitative estimate of drug-likeness (QED) is 0.293. The van der Waals surface area contributed by atoms with Gasteiger partial charge in [-0.05, 0) is 36.4 Å². The number of aliphatic hydroxyl groups is 1. The molecule has 3 aromatic rings. The van der Waals surface area contributed by atoms with Crippen molar-refractivity contribution in [2.24, 2.45) is 0 Å². The van der Waals surface area contributed by atoms with Crippen molar-refractivity contribution in [3.63, 3.8) is 0 Å². The number of methoxy groups -OCH3 is 1.